The molecule has 0 saturated carbocycles. The number of hydrogen-bond donors (Lipinski definition) is 1. The van der Waals surface area contributed by atoms with Crippen LogP contribution in [0.2, 0.25) is 0 Å². The molecule has 62 valence electrons. The van der Waals surface area contributed by atoms with Gasteiger partial charge in [-0.05, 0) is 24.0 Å². The zero-order valence-corrected chi connectivity index (χ0v) is 7.69. The Morgan fingerprint density at radius 3 is 3.25 bits per heavy atom. The second kappa shape index (κ2) is 3.19. The maximum Gasteiger partial charge on any atom is 0.0931 e. The van der Waals surface area contributed by atoms with Crippen molar-refractivity contribution < 1.29 is 0 Å². The fourth-order valence-corrected chi connectivity index (χ4v) is 1.75. The van der Waals surface area contributed by atoms with E-state index in [2.05, 4.69) is 34.4 Å². The van der Waals surface area contributed by atoms with Crippen LogP contribution < -0.4 is 0 Å². The number of aromatic nitrogens is 2. The minimum Gasteiger partial charge on any atom is -0.345 e. The number of fused-ring (bicyclic) bond motifs is 1. The molecule has 1 aromatic carbocycles. The second-order valence-electron chi connectivity index (χ2n) is 2.69. The molecule has 2 nitrogen and oxygen atoms in total. The lowest BCUT2D eigenvalue weighted by Gasteiger charge is -1.96. The van der Waals surface area contributed by atoms with E-state index in [1.165, 1.54) is 5.56 Å². The Morgan fingerprint density at radius 2 is 2.42 bits per heavy atom. The molecule has 2 aromatic rings. The number of aromatic amines is 1. The van der Waals surface area contributed by atoms with Crippen molar-refractivity contribution in [2.45, 2.75) is 5.75 Å². The van der Waals surface area contributed by atoms with Crippen LogP contribution in [0.3, 0.4) is 0 Å². The lowest BCUT2D eigenvalue weighted by atomic mass is 10.2. The van der Waals surface area contributed by atoms with Gasteiger partial charge in [-0.25, -0.2) is 4.98 Å². The highest BCUT2D eigenvalue weighted by Gasteiger charge is 1.96. The molecule has 0 amide bonds. The predicted octanol–water partition coefficient (Wildman–Crippen LogP) is 2.43. The molecule has 0 bridgehead atoms. The van der Waals surface area contributed by atoms with E-state index in [1.54, 1.807) is 6.33 Å². The van der Waals surface area contributed by atoms with E-state index in [0.29, 0.717) is 0 Å². The lowest BCUT2D eigenvalue weighted by Crippen LogP contribution is -1.79. The molecular weight excluding hydrogens is 168 g/mol. The highest BCUT2D eigenvalue weighted by atomic mass is 32.2. The van der Waals surface area contributed by atoms with E-state index in [-0.39, 0.29) is 0 Å². The van der Waals surface area contributed by atoms with Gasteiger partial charge in [0.25, 0.3) is 0 Å². The molecule has 3 heteroatoms. The van der Waals surface area contributed by atoms with Crippen LogP contribution in [0.4, 0.5) is 0 Å². The van der Waals surface area contributed by atoms with E-state index in [1.807, 2.05) is 11.8 Å². The first-order valence-corrected chi connectivity index (χ1v) is 5.20. The van der Waals surface area contributed by atoms with Crippen LogP contribution in [0.15, 0.2) is 24.5 Å². The zero-order chi connectivity index (χ0) is 8.39. The van der Waals surface area contributed by atoms with E-state index >= 15 is 0 Å². The van der Waals surface area contributed by atoms with Crippen LogP contribution in [-0.4, -0.2) is 16.2 Å². The molecular formula is C9H10N2S. The summed E-state index contributed by atoms with van der Waals surface area (Å²) in [4.78, 5) is 7.26. The standard InChI is InChI=1S/C9H10N2S/c1-12-5-7-2-3-8-9(4-7)11-6-10-8/h2-4,6H,5H2,1H3,(H,10,11). The minimum absolute atomic E-state index is 1.04. The van der Waals surface area contributed by atoms with Crippen LogP contribution in [0.5, 0.6) is 0 Å². The molecule has 2 rings (SSSR count). The Balaban J connectivity index is 2.46. The molecule has 0 saturated heterocycles. The van der Waals surface area contributed by atoms with Gasteiger partial charge in [0, 0.05) is 5.75 Å². The number of hydrogen-bond acceptors (Lipinski definition) is 2. The third-order valence-corrected chi connectivity index (χ3v) is 2.42. The van der Waals surface area contributed by atoms with E-state index in [9.17, 15) is 0 Å². The van der Waals surface area contributed by atoms with Gasteiger partial charge in [-0.1, -0.05) is 6.07 Å². The summed E-state index contributed by atoms with van der Waals surface area (Å²) in [6.07, 6.45) is 3.84. The molecule has 1 aromatic heterocycles. The van der Waals surface area contributed by atoms with Gasteiger partial charge in [-0.2, -0.15) is 11.8 Å². The fourth-order valence-electron chi connectivity index (χ4n) is 1.24. The number of imidazole rings is 1. The summed E-state index contributed by atoms with van der Waals surface area (Å²) in [7, 11) is 0. The summed E-state index contributed by atoms with van der Waals surface area (Å²) in [6, 6.07) is 6.33. The molecule has 0 aliphatic rings. The van der Waals surface area contributed by atoms with E-state index in [0.717, 1.165) is 16.8 Å². The van der Waals surface area contributed by atoms with Crippen LogP contribution >= 0.6 is 11.8 Å². The van der Waals surface area contributed by atoms with Crippen LogP contribution in [0.1, 0.15) is 5.56 Å². The molecule has 0 fully saturated rings. The number of thioether (sulfide) groups is 1. The van der Waals surface area contributed by atoms with Crippen molar-refractivity contribution in [3.05, 3.63) is 30.1 Å². The van der Waals surface area contributed by atoms with Crippen LogP contribution in [0.25, 0.3) is 11.0 Å². The topological polar surface area (TPSA) is 28.7 Å². The van der Waals surface area contributed by atoms with Crippen LogP contribution in [0, 0.1) is 0 Å². The van der Waals surface area contributed by atoms with Gasteiger partial charge in [0.15, 0.2) is 0 Å². The van der Waals surface area contributed by atoms with E-state index in [4.69, 9.17) is 0 Å². The van der Waals surface area contributed by atoms with Crippen molar-refractivity contribution in [1.29, 1.82) is 0 Å². The molecule has 0 spiro atoms. The van der Waals surface area contributed by atoms with Crippen LogP contribution in [-0.2, 0) is 5.75 Å². The molecule has 0 radical (unpaired) electrons. The average Bonchev–Trinajstić information content (AvgIpc) is 2.51. The normalized spacial score (nSPS) is 10.8. The van der Waals surface area contributed by atoms with Gasteiger partial charge in [0.1, 0.15) is 0 Å². The first-order chi connectivity index (χ1) is 5.90. The van der Waals surface area contributed by atoms with Gasteiger partial charge in [-0.15, -0.1) is 0 Å². The van der Waals surface area contributed by atoms with Crippen molar-refractivity contribution in [3.8, 4) is 0 Å². The zero-order valence-electron chi connectivity index (χ0n) is 6.87. The molecule has 12 heavy (non-hydrogen) atoms. The van der Waals surface area contributed by atoms with Crippen molar-refractivity contribution in [2.24, 2.45) is 0 Å². The summed E-state index contributed by atoms with van der Waals surface area (Å²) in [6.45, 7) is 0. The molecule has 0 aliphatic carbocycles. The molecule has 0 atom stereocenters. The Labute approximate surface area is 75.4 Å². The Hall–Kier alpha value is -0.960. The first kappa shape index (κ1) is 7.68. The molecule has 1 heterocycles. The molecule has 0 unspecified atom stereocenters. The number of rotatable bonds is 2. The van der Waals surface area contributed by atoms with Gasteiger partial charge < -0.3 is 4.98 Å². The summed E-state index contributed by atoms with van der Waals surface area (Å²) in [5.74, 6) is 1.06. The lowest BCUT2D eigenvalue weighted by molar-refractivity contribution is 1.34. The van der Waals surface area contributed by atoms with Gasteiger partial charge in [-0.3, -0.25) is 0 Å². The van der Waals surface area contributed by atoms with Crippen molar-refractivity contribution in [1.82, 2.24) is 9.97 Å². The number of nitrogens with one attached hydrogen (secondary N) is 1. The number of nitrogens with zero attached hydrogens (tertiary/aromatic N) is 1. The smallest absolute Gasteiger partial charge is 0.0931 e. The number of benzene rings is 1. The number of H-pyrrole nitrogens is 1. The van der Waals surface area contributed by atoms with Crippen molar-refractivity contribution >= 4 is 22.8 Å². The quantitative estimate of drug-likeness (QED) is 0.765. The average molecular weight is 178 g/mol. The first-order valence-electron chi connectivity index (χ1n) is 3.81. The fraction of sp³-hybridized carbons (Fsp3) is 0.222. The Bertz CT molecular complexity index is 381. The molecule has 0 aliphatic heterocycles. The van der Waals surface area contributed by atoms with Gasteiger partial charge >= 0.3 is 0 Å². The Morgan fingerprint density at radius 1 is 1.50 bits per heavy atom. The van der Waals surface area contributed by atoms with Gasteiger partial charge in [0.05, 0.1) is 17.4 Å². The van der Waals surface area contributed by atoms with Crippen molar-refractivity contribution in [3.63, 3.8) is 0 Å². The second-order valence-corrected chi connectivity index (χ2v) is 3.55. The van der Waals surface area contributed by atoms with E-state index < -0.39 is 0 Å². The molecule has 1 N–H and O–H groups in total. The SMILES string of the molecule is CSCc1ccc2nc[nH]c2c1. The van der Waals surface area contributed by atoms with Crippen molar-refractivity contribution in [2.75, 3.05) is 6.26 Å². The maximum absolute atomic E-state index is 4.16. The summed E-state index contributed by atoms with van der Waals surface area (Å²) >= 11 is 1.83. The monoisotopic (exact) mass is 178 g/mol. The third kappa shape index (κ3) is 1.32. The highest BCUT2D eigenvalue weighted by Crippen LogP contribution is 2.14. The summed E-state index contributed by atoms with van der Waals surface area (Å²) in [5.41, 5.74) is 3.51. The summed E-state index contributed by atoms with van der Waals surface area (Å²) in [5, 5.41) is 0. The third-order valence-electron chi connectivity index (χ3n) is 1.80. The Kier molecular flexibility index (Phi) is 2.04. The predicted molar refractivity (Wildman–Crippen MR) is 53.3 cm³/mol. The van der Waals surface area contributed by atoms with Gasteiger partial charge in [0.2, 0.25) is 0 Å². The maximum atomic E-state index is 4.16. The summed E-state index contributed by atoms with van der Waals surface area (Å²) < 4.78 is 0. The minimum atomic E-state index is 1.04. The highest BCUT2D eigenvalue weighted by molar-refractivity contribution is 7.97. The largest absolute Gasteiger partial charge is 0.345 e.